The van der Waals surface area contributed by atoms with Gasteiger partial charge in [0.05, 0.1) is 17.4 Å². The minimum Gasteiger partial charge on any atom is -0.354 e. The average Bonchev–Trinajstić information content (AvgIpc) is 2.13. The molecule has 1 heterocycles. The number of nitrogens with zero attached hydrogens (tertiary/aromatic N) is 2. The maximum atomic E-state index is 5.68. The highest BCUT2D eigenvalue weighted by atomic mass is 35.5. The molecule has 1 aromatic rings. The van der Waals surface area contributed by atoms with Crippen LogP contribution in [0.1, 0.15) is 19.8 Å². The summed E-state index contributed by atoms with van der Waals surface area (Å²) in [6.07, 6.45) is 5.86. The van der Waals surface area contributed by atoms with Crippen molar-refractivity contribution in [3.05, 3.63) is 17.4 Å². The summed E-state index contributed by atoms with van der Waals surface area (Å²) < 4.78 is 0. The molecule has 2 rings (SSSR count). The fourth-order valence-electron chi connectivity index (χ4n) is 1.87. The van der Waals surface area contributed by atoms with E-state index in [9.17, 15) is 0 Å². The predicted molar refractivity (Wildman–Crippen MR) is 57.4 cm³/mol. The Morgan fingerprint density at radius 3 is 2.64 bits per heavy atom. The fraction of sp³-hybridized carbons (Fsp3) is 0.600. The van der Waals surface area contributed by atoms with Crippen LogP contribution in [0.4, 0.5) is 5.95 Å². The zero-order valence-corrected chi connectivity index (χ0v) is 8.96. The van der Waals surface area contributed by atoms with Crippen LogP contribution in [0.2, 0.25) is 5.02 Å². The molecule has 0 spiro atoms. The first-order valence-corrected chi connectivity index (χ1v) is 5.33. The molecule has 76 valence electrons. The van der Waals surface area contributed by atoms with Crippen molar-refractivity contribution in [2.24, 2.45) is 11.8 Å². The molecule has 0 saturated heterocycles. The zero-order chi connectivity index (χ0) is 9.97. The number of halogens is 1. The summed E-state index contributed by atoms with van der Waals surface area (Å²) in [5.41, 5.74) is 0. The van der Waals surface area contributed by atoms with Crippen molar-refractivity contribution < 1.29 is 0 Å². The van der Waals surface area contributed by atoms with Gasteiger partial charge in [0.15, 0.2) is 0 Å². The maximum Gasteiger partial charge on any atom is 0.222 e. The summed E-state index contributed by atoms with van der Waals surface area (Å²) in [7, 11) is 0. The molecular formula is C10H14ClN3. The fourth-order valence-corrected chi connectivity index (χ4v) is 1.97. The van der Waals surface area contributed by atoms with Gasteiger partial charge in [-0.15, -0.1) is 0 Å². The largest absolute Gasteiger partial charge is 0.354 e. The van der Waals surface area contributed by atoms with Gasteiger partial charge < -0.3 is 5.32 Å². The molecule has 0 atom stereocenters. The first kappa shape index (κ1) is 9.71. The molecule has 1 aromatic heterocycles. The number of hydrogen-bond acceptors (Lipinski definition) is 3. The Morgan fingerprint density at radius 2 is 2.07 bits per heavy atom. The second kappa shape index (κ2) is 4.13. The number of hydrogen-bond donors (Lipinski definition) is 1. The third-order valence-corrected chi connectivity index (χ3v) is 2.84. The van der Waals surface area contributed by atoms with Gasteiger partial charge in [-0.2, -0.15) is 0 Å². The van der Waals surface area contributed by atoms with Crippen LogP contribution in [0.5, 0.6) is 0 Å². The molecule has 14 heavy (non-hydrogen) atoms. The molecular weight excluding hydrogens is 198 g/mol. The summed E-state index contributed by atoms with van der Waals surface area (Å²) in [4.78, 5) is 8.15. The van der Waals surface area contributed by atoms with Gasteiger partial charge in [-0.25, -0.2) is 9.97 Å². The standard InChI is InChI=1S/C10H14ClN3/c1-7-2-8(3-7)4-12-10-13-5-9(11)6-14-10/h5-8H,2-4H2,1H3,(H,12,13,14). The normalized spacial score (nSPS) is 25.6. The molecule has 1 saturated carbocycles. The van der Waals surface area contributed by atoms with E-state index in [1.165, 1.54) is 12.8 Å². The lowest BCUT2D eigenvalue weighted by atomic mass is 9.76. The first-order valence-electron chi connectivity index (χ1n) is 4.95. The van der Waals surface area contributed by atoms with Crippen molar-refractivity contribution in [1.82, 2.24) is 9.97 Å². The van der Waals surface area contributed by atoms with Crippen molar-refractivity contribution in [1.29, 1.82) is 0 Å². The topological polar surface area (TPSA) is 37.8 Å². The number of rotatable bonds is 3. The summed E-state index contributed by atoms with van der Waals surface area (Å²) in [6.45, 7) is 3.27. The predicted octanol–water partition coefficient (Wildman–Crippen LogP) is 2.59. The summed E-state index contributed by atoms with van der Waals surface area (Å²) >= 11 is 5.68. The average molecular weight is 212 g/mol. The van der Waals surface area contributed by atoms with Crippen molar-refractivity contribution in [3.63, 3.8) is 0 Å². The van der Waals surface area contributed by atoms with E-state index in [4.69, 9.17) is 11.6 Å². The van der Waals surface area contributed by atoms with Gasteiger partial charge in [-0.05, 0) is 24.7 Å². The Kier molecular flexibility index (Phi) is 2.87. The summed E-state index contributed by atoms with van der Waals surface area (Å²) in [5.74, 6) is 2.37. The molecule has 0 aromatic carbocycles. The highest BCUT2D eigenvalue weighted by Gasteiger charge is 2.24. The third-order valence-electron chi connectivity index (χ3n) is 2.64. The van der Waals surface area contributed by atoms with Gasteiger partial charge in [0, 0.05) is 6.54 Å². The van der Waals surface area contributed by atoms with E-state index in [1.807, 2.05) is 0 Å². The molecule has 1 aliphatic carbocycles. The molecule has 0 aliphatic heterocycles. The molecule has 4 heteroatoms. The third kappa shape index (κ3) is 2.35. The summed E-state index contributed by atoms with van der Waals surface area (Å²) in [6, 6.07) is 0. The SMILES string of the molecule is CC1CC(CNc2ncc(Cl)cn2)C1. The van der Waals surface area contributed by atoms with Gasteiger partial charge in [0.1, 0.15) is 0 Å². The minimum absolute atomic E-state index is 0.577. The number of nitrogens with one attached hydrogen (secondary N) is 1. The molecule has 1 aliphatic rings. The van der Waals surface area contributed by atoms with Gasteiger partial charge >= 0.3 is 0 Å². The Labute approximate surface area is 88.9 Å². The van der Waals surface area contributed by atoms with Gasteiger partial charge in [-0.1, -0.05) is 18.5 Å². The van der Waals surface area contributed by atoms with E-state index in [1.54, 1.807) is 12.4 Å². The maximum absolute atomic E-state index is 5.68. The quantitative estimate of drug-likeness (QED) is 0.835. The van der Waals surface area contributed by atoms with Crippen LogP contribution >= 0.6 is 11.6 Å². The van der Waals surface area contributed by atoms with Gasteiger partial charge in [-0.3, -0.25) is 0 Å². The van der Waals surface area contributed by atoms with Crippen LogP contribution < -0.4 is 5.32 Å². The van der Waals surface area contributed by atoms with Crippen LogP contribution in [0.3, 0.4) is 0 Å². The Hall–Kier alpha value is -0.830. The lowest BCUT2D eigenvalue weighted by molar-refractivity contribution is 0.225. The number of anilines is 1. The van der Waals surface area contributed by atoms with Crippen molar-refractivity contribution in [3.8, 4) is 0 Å². The lowest BCUT2D eigenvalue weighted by Crippen LogP contribution is -2.28. The van der Waals surface area contributed by atoms with Crippen molar-refractivity contribution in [2.45, 2.75) is 19.8 Å². The molecule has 0 amide bonds. The Morgan fingerprint density at radius 1 is 1.43 bits per heavy atom. The Balaban J connectivity index is 1.78. The lowest BCUT2D eigenvalue weighted by Gasteiger charge is -2.32. The Bertz CT molecular complexity index is 293. The monoisotopic (exact) mass is 211 g/mol. The van der Waals surface area contributed by atoms with E-state index in [0.29, 0.717) is 11.0 Å². The molecule has 3 nitrogen and oxygen atoms in total. The second-order valence-corrected chi connectivity index (χ2v) is 4.48. The zero-order valence-electron chi connectivity index (χ0n) is 8.20. The van der Waals surface area contributed by atoms with E-state index in [-0.39, 0.29) is 0 Å². The minimum atomic E-state index is 0.577. The van der Waals surface area contributed by atoms with Crippen molar-refractivity contribution >= 4 is 17.5 Å². The highest BCUT2D eigenvalue weighted by Crippen LogP contribution is 2.32. The van der Waals surface area contributed by atoms with Crippen LogP contribution in [-0.2, 0) is 0 Å². The highest BCUT2D eigenvalue weighted by molar-refractivity contribution is 6.30. The van der Waals surface area contributed by atoms with Gasteiger partial charge in [0.25, 0.3) is 0 Å². The first-order chi connectivity index (χ1) is 6.74. The molecule has 1 fully saturated rings. The van der Waals surface area contributed by atoms with E-state index in [0.717, 1.165) is 18.4 Å². The number of aromatic nitrogens is 2. The van der Waals surface area contributed by atoms with Crippen LogP contribution in [-0.4, -0.2) is 16.5 Å². The van der Waals surface area contributed by atoms with E-state index in [2.05, 4.69) is 22.2 Å². The van der Waals surface area contributed by atoms with E-state index < -0.39 is 0 Å². The van der Waals surface area contributed by atoms with Crippen LogP contribution in [0.15, 0.2) is 12.4 Å². The smallest absolute Gasteiger partial charge is 0.222 e. The molecule has 0 radical (unpaired) electrons. The molecule has 1 N–H and O–H groups in total. The van der Waals surface area contributed by atoms with Crippen molar-refractivity contribution in [2.75, 3.05) is 11.9 Å². The van der Waals surface area contributed by atoms with Crippen LogP contribution in [0.25, 0.3) is 0 Å². The van der Waals surface area contributed by atoms with E-state index >= 15 is 0 Å². The van der Waals surface area contributed by atoms with Gasteiger partial charge in [0.2, 0.25) is 5.95 Å². The van der Waals surface area contributed by atoms with Crippen LogP contribution in [0, 0.1) is 11.8 Å². The molecule has 0 unspecified atom stereocenters. The summed E-state index contributed by atoms with van der Waals surface area (Å²) in [5, 5.41) is 3.79. The second-order valence-electron chi connectivity index (χ2n) is 4.05. The molecule has 0 bridgehead atoms.